The average molecular weight is 230 g/mol. The topological polar surface area (TPSA) is 41.1 Å². The molecule has 0 aromatic heterocycles. The molecule has 0 spiro atoms. The smallest absolute Gasteiger partial charge is 0.319 e. The number of alkyl halides is 4. The van der Waals surface area contributed by atoms with Gasteiger partial charge >= 0.3 is 12.3 Å². The maximum atomic E-state index is 12.3. The molecule has 3 nitrogen and oxygen atoms in total. The van der Waals surface area contributed by atoms with E-state index in [0.29, 0.717) is 6.54 Å². The van der Waals surface area contributed by atoms with E-state index in [1.165, 1.54) is 0 Å². The maximum absolute atomic E-state index is 12.3. The van der Waals surface area contributed by atoms with Crippen molar-refractivity contribution in [3.05, 3.63) is 0 Å². The zero-order chi connectivity index (χ0) is 11.9. The van der Waals surface area contributed by atoms with Gasteiger partial charge in [-0.05, 0) is 6.42 Å². The molecule has 0 atom stereocenters. The van der Waals surface area contributed by atoms with E-state index >= 15 is 0 Å². The minimum absolute atomic E-state index is 0.387. The summed E-state index contributed by atoms with van der Waals surface area (Å²) >= 11 is 0. The van der Waals surface area contributed by atoms with Crippen LogP contribution in [0, 0.1) is 0 Å². The van der Waals surface area contributed by atoms with Crippen molar-refractivity contribution in [2.45, 2.75) is 25.7 Å². The quantitative estimate of drug-likeness (QED) is 0.641. The first-order chi connectivity index (χ1) is 6.90. The van der Waals surface area contributed by atoms with E-state index in [1.54, 1.807) is 0 Å². The third kappa shape index (κ3) is 6.27. The predicted octanol–water partition coefficient (Wildman–Crippen LogP) is 1.00. The number of rotatable bonds is 7. The molecular formula is C8H14F4N2O. The summed E-state index contributed by atoms with van der Waals surface area (Å²) in [5.41, 5.74) is 0. The summed E-state index contributed by atoms with van der Waals surface area (Å²) in [4.78, 5) is 10.9. The van der Waals surface area contributed by atoms with Gasteiger partial charge in [0.25, 0.3) is 0 Å². The van der Waals surface area contributed by atoms with Gasteiger partial charge in [0.05, 0.1) is 13.1 Å². The molecule has 0 bridgehead atoms. The molecule has 0 unspecified atom stereocenters. The lowest BCUT2D eigenvalue weighted by Gasteiger charge is -2.15. The summed E-state index contributed by atoms with van der Waals surface area (Å²) in [7, 11) is 0. The first kappa shape index (κ1) is 14.2. The summed E-state index contributed by atoms with van der Waals surface area (Å²) in [5.74, 6) is -4.58. The van der Waals surface area contributed by atoms with Crippen LogP contribution in [0.15, 0.2) is 0 Å². The maximum Gasteiger partial charge on any atom is 0.319 e. The number of hydrogen-bond acceptors (Lipinski definition) is 2. The molecule has 90 valence electrons. The van der Waals surface area contributed by atoms with E-state index < -0.39 is 24.8 Å². The zero-order valence-corrected chi connectivity index (χ0v) is 8.33. The number of carbonyl (C=O) groups is 1. The first-order valence-corrected chi connectivity index (χ1v) is 4.53. The Bertz CT molecular complexity index is 199. The highest BCUT2D eigenvalue weighted by molar-refractivity contribution is 5.77. The summed E-state index contributed by atoms with van der Waals surface area (Å²) in [6, 6.07) is 0. The van der Waals surface area contributed by atoms with E-state index in [2.05, 4.69) is 5.32 Å². The Morgan fingerprint density at radius 2 is 2.00 bits per heavy atom. The summed E-state index contributed by atoms with van der Waals surface area (Å²) < 4.78 is 47.9. The van der Waals surface area contributed by atoms with Gasteiger partial charge in [0.15, 0.2) is 0 Å². The van der Waals surface area contributed by atoms with Gasteiger partial charge in [-0.1, -0.05) is 6.92 Å². The van der Waals surface area contributed by atoms with Crippen LogP contribution >= 0.6 is 0 Å². The molecule has 2 N–H and O–H groups in total. The van der Waals surface area contributed by atoms with Crippen LogP contribution < -0.4 is 10.6 Å². The van der Waals surface area contributed by atoms with Gasteiger partial charge in [-0.2, -0.15) is 8.78 Å². The molecule has 0 fully saturated rings. The minimum atomic E-state index is -4.09. The SMILES string of the molecule is CCCNC(=O)CNCC(F)(F)C(F)F. The second kappa shape index (κ2) is 6.60. The number of hydrogen-bond donors (Lipinski definition) is 2. The molecule has 0 rings (SSSR count). The van der Waals surface area contributed by atoms with Gasteiger partial charge in [0, 0.05) is 6.54 Å². The molecule has 0 radical (unpaired) electrons. The lowest BCUT2D eigenvalue weighted by atomic mass is 10.3. The van der Waals surface area contributed by atoms with Crippen molar-refractivity contribution < 1.29 is 22.4 Å². The van der Waals surface area contributed by atoms with Gasteiger partial charge in [0.1, 0.15) is 0 Å². The van der Waals surface area contributed by atoms with Crippen LogP contribution in [-0.2, 0) is 4.79 Å². The molecule has 0 aliphatic heterocycles. The van der Waals surface area contributed by atoms with E-state index in [4.69, 9.17) is 0 Å². The van der Waals surface area contributed by atoms with Gasteiger partial charge in [0.2, 0.25) is 5.91 Å². The number of nitrogens with one attached hydrogen (secondary N) is 2. The predicted molar refractivity (Wildman–Crippen MR) is 47.1 cm³/mol. The lowest BCUT2D eigenvalue weighted by Crippen LogP contribution is -2.43. The molecule has 15 heavy (non-hydrogen) atoms. The zero-order valence-electron chi connectivity index (χ0n) is 8.33. The Labute approximate surface area is 85.2 Å². The van der Waals surface area contributed by atoms with Crippen molar-refractivity contribution in [3.8, 4) is 0 Å². The second-order valence-electron chi connectivity index (χ2n) is 3.02. The van der Waals surface area contributed by atoms with Crippen molar-refractivity contribution in [3.63, 3.8) is 0 Å². The van der Waals surface area contributed by atoms with E-state index in [1.807, 2.05) is 12.2 Å². The molecule has 1 amide bonds. The van der Waals surface area contributed by atoms with Crippen LogP contribution in [0.3, 0.4) is 0 Å². The Hall–Kier alpha value is -0.850. The van der Waals surface area contributed by atoms with Gasteiger partial charge < -0.3 is 10.6 Å². The van der Waals surface area contributed by atoms with Crippen LogP contribution in [-0.4, -0.2) is 37.9 Å². The molecular weight excluding hydrogens is 216 g/mol. The molecule has 0 saturated carbocycles. The van der Waals surface area contributed by atoms with Crippen LogP contribution in [0.2, 0.25) is 0 Å². The van der Waals surface area contributed by atoms with Crippen molar-refractivity contribution in [2.75, 3.05) is 19.6 Å². The van der Waals surface area contributed by atoms with Crippen LogP contribution in [0.5, 0.6) is 0 Å². The molecule has 0 aliphatic rings. The fourth-order valence-corrected chi connectivity index (χ4v) is 0.747. The fraction of sp³-hybridized carbons (Fsp3) is 0.875. The second-order valence-corrected chi connectivity index (χ2v) is 3.02. The van der Waals surface area contributed by atoms with Crippen LogP contribution in [0.25, 0.3) is 0 Å². The number of amides is 1. The van der Waals surface area contributed by atoms with Gasteiger partial charge in [-0.3, -0.25) is 4.79 Å². The van der Waals surface area contributed by atoms with E-state index in [-0.39, 0.29) is 6.54 Å². The normalized spacial score (nSPS) is 11.9. The number of carbonyl (C=O) groups excluding carboxylic acids is 1. The Morgan fingerprint density at radius 3 is 2.47 bits per heavy atom. The van der Waals surface area contributed by atoms with Crippen molar-refractivity contribution in [1.29, 1.82) is 0 Å². The first-order valence-electron chi connectivity index (χ1n) is 4.53. The van der Waals surface area contributed by atoms with Crippen molar-refractivity contribution in [2.24, 2.45) is 0 Å². The summed E-state index contributed by atoms with van der Waals surface area (Å²) in [5, 5.41) is 4.39. The Balaban J connectivity index is 3.65. The Morgan fingerprint density at radius 1 is 1.40 bits per heavy atom. The highest BCUT2D eigenvalue weighted by atomic mass is 19.3. The van der Waals surface area contributed by atoms with Crippen LogP contribution in [0.4, 0.5) is 17.6 Å². The molecule has 0 aromatic rings. The van der Waals surface area contributed by atoms with Crippen LogP contribution in [0.1, 0.15) is 13.3 Å². The van der Waals surface area contributed by atoms with Crippen molar-refractivity contribution >= 4 is 5.91 Å². The van der Waals surface area contributed by atoms with Gasteiger partial charge in [-0.25, -0.2) is 8.78 Å². The fourth-order valence-electron chi connectivity index (χ4n) is 0.747. The minimum Gasteiger partial charge on any atom is -0.355 e. The highest BCUT2D eigenvalue weighted by Gasteiger charge is 2.40. The molecule has 0 saturated heterocycles. The number of halogens is 4. The van der Waals surface area contributed by atoms with E-state index in [0.717, 1.165) is 6.42 Å². The molecule has 0 aliphatic carbocycles. The summed E-state index contributed by atoms with van der Waals surface area (Å²) in [6.45, 7) is 0.678. The van der Waals surface area contributed by atoms with E-state index in [9.17, 15) is 22.4 Å². The van der Waals surface area contributed by atoms with Gasteiger partial charge in [-0.15, -0.1) is 0 Å². The monoisotopic (exact) mass is 230 g/mol. The largest absolute Gasteiger partial charge is 0.355 e. The lowest BCUT2D eigenvalue weighted by molar-refractivity contribution is -0.128. The third-order valence-corrected chi connectivity index (χ3v) is 1.54. The standard InChI is InChI=1S/C8H14F4N2O/c1-2-3-14-6(15)4-13-5-8(11,12)7(9)10/h7,13H,2-5H2,1H3,(H,14,15). The average Bonchev–Trinajstić information content (AvgIpc) is 2.14. The highest BCUT2D eigenvalue weighted by Crippen LogP contribution is 2.21. The summed E-state index contributed by atoms with van der Waals surface area (Å²) in [6.07, 6.45) is -3.00. The Kier molecular flexibility index (Phi) is 6.23. The van der Waals surface area contributed by atoms with Crippen molar-refractivity contribution in [1.82, 2.24) is 10.6 Å². The molecule has 7 heteroatoms. The molecule has 0 heterocycles. The molecule has 0 aromatic carbocycles. The third-order valence-electron chi connectivity index (χ3n) is 1.54.